The Hall–Kier alpha value is -3.22. The molecule has 0 aliphatic carbocycles. The van der Waals surface area contributed by atoms with E-state index >= 15 is 0 Å². The van der Waals surface area contributed by atoms with E-state index in [0.717, 1.165) is 11.3 Å². The van der Waals surface area contributed by atoms with Crippen LogP contribution >= 0.6 is 22.9 Å². The van der Waals surface area contributed by atoms with Gasteiger partial charge in [0.15, 0.2) is 16.1 Å². The number of hydrogen-bond donors (Lipinski definition) is 3. The average Bonchev–Trinajstić information content (AvgIpc) is 3.42. The van der Waals surface area contributed by atoms with Crippen LogP contribution < -0.4 is 15.8 Å². The lowest BCUT2D eigenvalue weighted by atomic mass is 10.0. The molecular weight excluding hydrogens is 508 g/mol. The number of carbonyl (C=O) groups is 2. The van der Waals surface area contributed by atoms with Gasteiger partial charge in [-0.3, -0.25) is 14.2 Å². The van der Waals surface area contributed by atoms with Crippen molar-refractivity contribution in [2.24, 2.45) is 0 Å². The standard InChI is InChI=1S/C23H27ClN6O5S/c1-4-14-19(24)28-20(26-14)21(32)27-15-7-8-29(11-16(15)35-5-2)13-6-9-30(17(31)10-13)23-25-12(3)18(36-23)22(33)34/h6,9-10,15-16H,4-5,7-8,11H2,1-3H3,(H,26,28)(H,27,32)(H,33,34)/t15?,16-/m0/s1. The lowest BCUT2D eigenvalue weighted by molar-refractivity contribution is 0.0271. The zero-order valence-electron chi connectivity index (χ0n) is 20.1. The Balaban J connectivity index is 1.48. The fraction of sp³-hybridized carbons (Fsp3) is 0.435. The van der Waals surface area contributed by atoms with E-state index in [0.29, 0.717) is 59.9 Å². The summed E-state index contributed by atoms with van der Waals surface area (Å²) in [5, 5.41) is 12.9. The second-order valence-electron chi connectivity index (χ2n) is 8.33. The van der Waals surface area contributed by atoms with Gasteiger partial charge in [-0.05, 0) is 32.8 Å². The number of amides is 1. The highest BCUT2D eigenvalue weighted by atomic mass is 35.5. The van der Waals surface area contributed by atoms with Gasteiger partial charge in [0.2, 0.25) is 0 Å². The number of hydrogen-bond acceptors (Lipinski definition) is 8. The number of nitrogens with one attached hydrogen (secondary N) is 2. The van der Waals surface area contributed by atoms with Gasteiger partial charge in [-0.1, -0.05) is 29.9 Å². The molecule has 1 aliphatic heterocycles. The third-order valence-electron chi connectivity index (χ3n) is 6.01. The number of ether oxygens (including phenoxy) is 1. The number of nitrogens with zero attached hydrogens (tertiary/aromatic N) is 4. The highest BCUT2D eigenvalue weighted by molar-refractivity contribution is 7.16. The third-order valence-corrected chi connectivity index (χ3v) is 7.46. The first-order valence-corrected chi connectivity index (χ1v) is 12.8. The summed E-state index contributed by atoms with van der Waals surface area (Å²) >= 11 is 7.03. The van der Waals surface area contributed by atoms with Crippen molar-refractivity contribution in [3.8, 4) is 5.13 Å². The molecule has 1 aliphatic rings. The number of carboxylic acids is 1. The molecule has 36 heavy (non-hydrogen) atoms. The minimum atomic E-state index is -1.07. The van der Waals surface area contributed by atoms with Gasteiger partial charge < -0.3 is 25.0 Å². The number of aromatic amines is 1. The van der Waals surface area contributed by atoms with Crippen LogP contribution in [-0.4, -0.2) is 68.3 Å². The van der Waals surface area contributed by atoms with E-state index in [9.17, 15) is 19.5 Å². The quantitative estimate of drug-likeness (QED) is 0.400. The molecule has 192 valence electrons. The smallest absolute Gasteiger partial charge is 0.347 e. The number of aromatic nitrogens is 4. The lowest BCUT2D eigenvalue weighted by Crippen LogP contribution is -2.55. The molecule has 1 unspecified atom stereocenters. The van der Waals surface area contributed by atoms with Crippen molar-refractivity contribution in [1.29, 1.82) is 0 Å². The number of carbonyl (C=O) groups excluding carboxylic acids is 1. The van der Waals surface area contributed by atoms with Crippen LogP contribution in [0.2, 0.25) is 5.15 Å². The van der Waals surface area contributed by atoms with Crippen LogP contribution in [0.1, 0.15) is 51.9 Å². The van der Waals surface area contributed by atoms with E-state index in [-0.39, 0.29) is 34.3 Å². The Morgan fingerprint density at radius 1 is 1.36 bits per heavy atom. The zero-order valence-corrected chi connectivity index (χ0v) is 21.6. The van der Waals surface area contributed by atoms with Gasteiger partial charge in [0.05, 0.1) is 23.5 Å². The van der Waals surface area contributed by atoms with Gasteiger partial charge >= 0.3 is 5.97 Å². The molecular formula is C23H27ClN6O5S. The van der Waals surface area contributed by atoms with Crippen molar-refractivity contribution < 1.29 is 19.4 Å². The SMILES string of the molecule is CCO[C@H]1CN(c2ccn(-c3nc(C)c(C(=O)O)s3)c(=O)c2)CCC1NC(=O)c1nc(Cl)c(CC)[nH]1. The number of halogens is 1. The van der Waals surface area contributed by atoms with Gasteiger partial charge in [-0.15, -0.1) is 0 Å². The number of piperidine rings is 1. The summed E-state index contributed by atoms with van der Waals surface area (Å²) in [6.45, 7) is 6.94. The Labute approximate surface area is 216 Å². The molecule has 0 radical (unpaired) electrons. The largest absolute Gasteiger partial charge is 0.477 e. The van der Waals surface area contributed by atoms with E-state index < -0.39 is 5.97 Å². The zero-order chi connectivity index (χ0) is 26.0. The summed E-state index contributed by atoms with van der Waals surface area (Å²) in [5.74, 6) is -1.25. The number of thiazole rings is 1. The van der Waals surface area contributed by atoms with Gasteiger partial charge in [-0.2, -0.15) is 0 Å². The number of imidazole rings is 1. The van der Waals surface area contributed by atoms with E-state index in [1.165, 1.54) is 10.6 Å². The molecule has 1 fully saturated rings. The monoisotopic (exact) mass is 534 g/mol. The molecule has 3 N–H and O–H groups in total. The van der Waals surface area contributed by atoms with E-state index in [2.05, 4.69) is 20.3 Å². The average molecular weight is 535 g/mol. The first-order valence-electron chi connectivity index (χ1n) is 11.6. The Kier molecular flexibility index (Phi) is 7.76. The van der Waals surface area contributed by atoms with Crippen molar-refractivity contribution in [2.45, 2.75) is 45.8 Å². The van der Waals surface area contributed by atoms with Crippen LogP contribution in [-0.2, 0) is 11.2 Å². The summed E-state index contributed by atoms with van der Waals surface area (Å²) < 4.78 is 7.27. The first kappa shape index (κ1) is 25.9. The maximum atomic E-state index is 12.8. The van der Waals surface area contributed by atoms with Gasteiger partial charge in [0, 0.05) is 37.6 Å². The van der Waals surface area contributed by atoms with Crippen LogP contribution in [0.5, 0.6) is 0 Å². The number of aryl methyl sites for hydroxylation is 2. The van der Waals surface area contributed by atoms with Crippen molar-refractivity contribution in [1.82, 2.24) is 24.8 Å². The summed E-state index contributed by atoms with van der Waals surface area (Å²) in [6.07, 6.45) is 2.53. The topological polar surface area (TPSA) is 142 Å². The van der Waals surface area contributed by atoms with Crippen LogP contribution in [0.15, 0.2) is 23.1 Å². The molecule has 1 saturated heterocycles. The van der Waals surface area contributed by atoms with Gasteiger partial charge in [-0.25, -0.2) is 14.8 Å². The van der Waals surface area contributed by atoms with Gasteiger partial charge in [0.1, 0.15) is 4.88 Å². The van der Waals surface area contributed by atoms with Crippen LogP contribution in [0, 0.1) is 6.92 Å². The molecule has 11 nitrogen and oxygen atoms in total. The molecule has 13 heteroatoms. The number of pyridine rings is 1. The van der Waals surface area contributed by atoms with Crippen molar-refractivity contribution in [3.63, 3.8) is 0 Å². The van der Waals surface area contributed by atoms with Gasteiger partial charge in [0.25, 0.3) is 11.5 Å². The van der Waals surface area contributed by atoms with Crippen molar-refractivity contribution in [3.05, 3.63) is 55.9 Å². The minimum absolute atomic E-state index is 0.104. The Bertz CT molecular complexity index is 1330. The number of carboxylic acid groups (broad SMARTS) is 1. The summed E-state index contributed by atoms with van der Waals surface area (Å²) in [7, 11) is 0. The number of anilines is 1. The molecule has 0 spiro atoms. The fourth-order valence-corrected chi connectivity index (χ4v) is 5.33. The highest BCUT2D eigenvalue weighted by Crippen LogP contribution is 2.24. The number of H-pyrrole nitrogens is 1. The molecule has 1 amide bonds. The molecule has 0 aromatic carbocycles. The summed E-state index contributed by atoms with van der Waals surface area (Å²) in [5.41, 5.74) is 1.47. The maximum Gasteiger partial charge on any atom is 0.347 e. The number of aromatic carboxylic acids is 1. The predicted molar refractivity (Wildman–Crippen MR) is 136 cm³/mol. The molecule has 2 atom stereocenters. The van der Waals surface area contributed by atoms with Crippen molar-refractivity contribution in [2.75, 3.05) is 24.6 Å². The molecule has 3 aromatic heterocycles. The van der Waals surface area contributed by atoms with Crippen molar-refractivity contribution >= 4 is 40.5 Å². The third kappa shape index (κ3) is 5.30. The van der Waals surface area contributed by atoms with Crippen LogP contribution in [0.25, 0.3) is 5.13 Å². The van der Waals surface area contributed by atoms with Crippen LogP contribution in [0.4, 0.5) is 5.69 Å². The van der Waals surface area contributed by atoms with E-state index in [1.54, 1.807) is 19.2 Å². The van der Waals surface area contributed by atoms with E-state index in [4.69, 9.17) is 16.3 Å². The predicted octanol–water partition coefficient (Wildman–Crippen LogP) is 2.65. The first-order chi connectivity index (χ1) is 17.2. The second kappa shape index (κ2) is 10.8. The molecule has 3 aromatic rings. The molecule has 4 heterocycles. The lowest BCUT2D eigenvalue weighted by Gasteiger charge is -2.39. The molecule has 0 saturated carbocycles. The maximum absolute atomic E-state index is 12.8. The number of rotatable bonds is 8. The van der Waals surface area contributed by atoms with E-state index in [1.807, 2.05) is 18.7 Å². The normalized spacial score (nSPS) is 17.8. The molecule has 4 rings (SSSR count). The minimum Gasteiger partial charge on any atom is -0.477 e. The summed E-state index contributed by atoms with van der Waals surface area (Å²) in [4.78, 5) is 50.4. The highest BCUT2D eigenvalue weighted by Gasteiger charge is 2.32. The fourth-order valence-electron chi connectivity index (χ4n) is 4.17. The summed E-state index contributed by atoms with van der Waals surface area (Å²) in [6, 6.07) is 3.05. The Morgan fingerprint density at radius 3 is 2.75 bits per heavy atom. The Morgan fingerprint density at radius 2 is 2.14 bits per heavy atom. The second-order valence-corrected chi connectivity index (χ2v) is 9.66. The molecule has 0 bridgehead atoms. The van der Waals surface area contributed by atoms with Crippen LogP contribution in [0.3, 0.4) is 0 Å².